The van der Waals surface area contributed by atoms with Crippen LogP contribution < -0.4 is 4.90 Å². The van der Waals surface area contributed by atoms with Crippen molar-refractivity contribution in [3.05, 3.63) is 33.3 Å². The first-order valence-corrected chi connectivity index (χ1v) is 5.67. The number of anilines is 1. The molecule has 0 spiro atoms. The number of nitrogens with zero attached hydrogens (tertiary/aromatic N) is 2. The summed E-state index contributed by atoms with van der Waals surface area (Å²) in [6.45, 7) is 4.07. The zero-order chi connectivity index (χ0) is 13.0. The Labute approximate surface area is 105 Å². The third-order valence-electron chi connectivity index (χ3n) is 2.42. The van der Waals surface area contributed by atoms with Gasteiger partial charge in [-0.25, -0.2) is 0 Å². The molecule has 0 unspecified atom stereocenters. The van der Waals surface area contributed by atoms with Crippen molar-refractivity contribution in [2.75, 3.05) is 18.1 Å². The minimum Gasteiger partial charge on any atom is -0.395 e. The van der Waals surface area contributed by atoms with Gasteiger partial charge in [0.25, 0.3) is 0 Å². The highest BCUT2D eigenvalue weighted by Gasteiger charge is 2.24. The first-order chi connectivity index (χ1) is 7.99. The zero-order valence-electron chi connectivity index (χ0n) is 9.76. The van der Waals surface area contributed by atoms with Crippen LogP contribution in [0.15, 0.2) is 18.2 Å². The Kier molecular flexibility index (Phi) is 4.72. The summed E-state index contributed by atoms with van der Waals surface area (Å²) in [4.78, 5) is 12.3. The smallest absolute Gasteiger partial charge is 0.310 e. The average Bonchev–Trinajstić information content (AvgIpc) is 2.24. The van der Waals surface area contributed by atoms with Crippen molar-refractivity contribution >= 4 is 23.0 Å². The molecule has 0 atom stereocenters. The van der Waals surface area contributed by atoms with Crippen LogP contribution in [0.3, 0.4) is 0 Å². The van der Waals surface area contributed by atoms with Crippen LogP contribution in [-0.4, -0.2) is 29.2 Å². The Balaban J connectivity index is 3.27. The number of benzene rings is 1. The van der Waals surface area contributed by atoms with Crippen LogP contribution in [0.5, 0.6) is 0 Å². The van der Waals surface area contributed by atoms with E-state index in [0.29, 0.717) is 12.2 Å². The number of nitro groups is 1. The molecule has 6 heteroatoms. The lowest BCUT2D eigenvalue weighted by atomic mass is 10.2. The molecule has 0 radical (unpaired) electrons. The van der Waals surface area contributed by atoms with Gasteiger partial charge in [-0.15, -0.1) is 0 Å². The molecule has 0 saturated carbocycles. The van der Waals surface area contributed by atoms with E-state index < -0.39 is 4.92 Å². The Hall–Kier alpha value is -1.33. The fourth-order valence-corrected chi connectivity index (χ4v) is 1.92. The molecule has 1 rings (SSSR count). The van der Waals surface area contributed by atoms with E-state index in [4.69, 9.17) is 16.7 Å². The second-order valence-electron chi connectivity index (χ2n) is 3.88. The number of nitro benzene ring substituents is 1. The predicted octanol–water partition coefficient (Wildman–Crippen LogP) is 2.46. The molecule has 5 nitrogen and oxygen atoms in total. The highest BCUT2D eigenvalue weighted by atomic mass is 35.5. The minimum absolute atomic E-state index is 0.0410. The van der Waals surface area contributed by atoms with Gasteiger partial charge in [0.2, 0.25) is 0 Å². The molecular weight excluding hydrogens is 244 g/mol. The number of para-hydroxylation sites is 1. The van der Waals surface area contributed by atoms with Crippen LogP contribution in [0.4, 0.5) is 11.4 Å². The second kappa shape index (κ2) is 5.84. The minimum atomic E-state index is -0.496. The molecule has 1 aromatic rings. The SMILES string of the molecule is CC(C)N(CCO)c1cccc(Cl)c1[N+](=O)[O-]. The van der Waals surface area contributed by atoms with E-state index >= 15 is 0 Å². The Bertz CT molecular complexity index is 410. The molecule has 0 fully saturated rings. The monoisotopic (exact) mass is 258 g/mol. The molecule has 0 bridgehead atoms. The van der Waals surface area contributed by atoms with E-state index in [2.05, 4.69) is 0 Å². The molecule has 0 amide bonds. The van der Waals surface area contributed by atoms with Crippen molar-refractivity contribution in [2.45, 2.75) is 19.9 Å². The standard InChI is InChI=1S/C11H15ClN2O3/c1-8(2)13(6-7-15)10-5-3-4-9(12)11(10)14(16)17/h3-5,8,15H,6-7H2,1-2H3. The molecule has 17 heavy (non-hydrogen) atoms. The second-order valence-corrected chi connectivity index (χ2v) is 4.28. The summed E-state index contributed by atoms with van der Waals surface area (Å²) in [5.41, 5.74) is 0.322. The van der Waals surface area contributed by atoms with Gasteiger partial charge < -0.3 is 10.0 Å². The van der Waals surface area contributed by atoms with Gasteiger partial charge in [0.1, 0.15) is 10.7 Å². The Morgan fingerprint density at radius 1 is 1.53 bits per heavy atom. The number of rotatable bonds is 5. The van der Waals surface area contributed by atoms with Gasteiger partial charge in [0, 0.05) is 12.6 Å². The topological polar surface area (TPSA) is 66.6 Å². The Morgan fingerprint density at radius 3 is 2.65 bits per heavy atom. The fraction of sp³-hybridized carbons (Fsp3) is 0.455. The van der Waals surface area contributed by atoms with Crippen molar-refractivity contribution in [3.8, 4) is 0 Å². The number of aliphatic hydroxyl groups is 1. The molecule has 0 aliphatic carbocycles. The van der Waals surface area contributed by atoms with Crippen LogP contribution in [-0.2, 0) is 0 Å². The first kappa shape index (κ1) is 13.7. The number of hydrogen-bond donors (Lipinski definition) is 1. The summed E-state index contributed by atoms with van der Waals surface area (Å²) in [5.74, 6) is 0. The lowest BCUT2D eigenvalue weighted by Crippen LogP contribution is -2.33. The van der Waals surface area contributed by atoms with Crippen molar-refractivity contribution in [1.82, 2.24) is 0 Å². The first-order valence-electron chi connectivity index (χ1n) is 5.29. The maximum Gasteiger partial charge on any atom is 0.310 e. The van der Waals surface area contributed by atoms with Crippen LogP contribution >= 0.6 is 11.6 Å². The molecule has 0 aliphatic heterocycles. The lowest BCUT2D eigenvalue weighted by molar-refractivity contribution is -0.384. The van der Waals surface area contributed by atoms with E-state index in [9.17, 15) is 10.1 Å². The van der Waals surface area contributed by atoms with E-state index in [1.54, 1.807) is 17.0 Å². The molecule has 1 N–H and O–H groups in total. The molecule has 0 aromatic heterocycles. The van der Waals surface area contributed by atoms with E-state index in [1.165, 1.54) is 6.07 Å². The van der Waals surface area contributed by atoms with Crippen LogP contribution in [0.25, 0.3) is 0 Å². The van der Waals surface area contributed by atoms with E-state index in [1.807, 2.05) is 13.8 Å². The molecule has 94 valence electrons. The molecule has 1 aromatic carbocycles. The van der Waals surface area contributed by atoms with Gasteiger partial charge in [-0.1, -0.05) is 17.7 Å². The van der Waals surface area contributed by atoms with Crippen LogP contribution in [0.1, 0.15) is 13.8 Å². The van der Waals surface area contributed by atoms with E-state index in [0.717, 1.165) is 0 Å². The summed E-state index contributed by atoms with van der Waals surface area (Å²) >= 11 is 5.84. The lowest BCUT2D eigenvalue weighted by Gasteiger charge is -2.27. The quantitative estimate of drug-likeness (QED) is 0.651. The summed E-state index contributed by atoms with van der Waals surface area (Å²) in [6.07, 6.45) is 0. The highest BCUT2D eigenvalue weighted by Crippen LogP contribution is 2.35. The maximum atomic E-state index is 11.0. The number of hydrogen-bond acceptors (Lipinski definition) is 4. The third kappa shape index (κ3) is 3.08. The normalized spacial score (nSPS) is 10.6. The summed E-state index contributed by atoms with van der Waals surface area (Å²) < 4.78 is 0. The van der Waals surface area contributed by atoms with Crippen molar-refractivity contribution < 1.29 is 10.0 Å². The third-order valence-corrected chi connectivity index (χ3v) is 2.73. The fourth-order valence-electron chi connectivity index (χ4n) is 1.68. The number of aliphatic hydroxyl groups excluding tert-OH is 1. The summed E-state index contributed by atoms with van der Waals surface area (Å²) in [7, 11) is 0. The van der Waals surface area contributed by atoms with Crippen LogP contribution in [0.2, 0.25) is 5.02 Å². The van der Waals surface area contributed by atoms with Gasteiger partial charge in [0.15, 0.2) is 0 Å². The molecule has 0 aliphatic rings. The molecule has 0 saturated heterocycles. The molecule has 0 heterocycles. The molecular formula is C11H15ClN2O3. The Morgan fingerprint density at radius 2 is 2.18 bits per heavy atom. The van der Waals surface area contributed by atoms with Crippen molar-refractivity contribution in [2.24, 2.45) is 0 Å². The summed E-state index contributed by atoms with van der Waals surface area (Å²) in [5, 5.41) is 20.1. The van der Waals surface area contributed by atoms with Crippen molar-refractivity contribution in [3.63, 3.8) is 0 Å². The van der Waals surface area contributed by atoms with E-state index in [-0.39, 0.29) is 23.4 Å². The van der Waals surface area contributed by atoms with Crippen LogP contribution in [0, 0.1) is 10.1 Å². The van der Waals surface area contributed by atoms with Gasteiger partial charge in [-0.05, 0) is 26.0 Å². The van der Waals surface area contributed by atoms with Gasteiger partial charge in [-0.3, -0.25) is 10.1 Å². The summed E-state index contributed by atoms with van der Waals surface area (Å²) in [6, 6.07) is 4.83. The van der Waals surface area contributed by atoms with Gasteiger partial charge >= 0.3 is 5.69 Å². The van der Waals surface area contributed by atoms with Gasteiger partial charge in [-0.2, -0.15) is 0 Å². The average molecular weight is 259 g/mol. The maximum absolute atomic E-state index is 11.0. The predicted molar refractivity (Wildman–Crippen MR) is 67.7 cm³/mol. The van der Waals surface area contributed by atoms with Crippen molar-refractivity contribution in [1.29, 1.82) is 0 Å². The largest absolute Gasteiger partial charge is 0.395 e. The highest BCUT2D eigenvalue weighted by molar-refractivity contribution is 6.33. The van der Waals surface area contributed by atoms with Gasteiger partial charge in [0.05, 0.1) is 11.5 Å². The number of halogens is 1. The zero-order valence-corrected chi connectivity index (χ0v) is 10.5.